The number of esters is 1. The van der Waals surface area contributed by atoms with Gasteiger partial charge >= 0.3 is 5.97 Å². The van der Waals surface area contributed by atoms with Crippen molar-refractivity contribution in [2.75, 3.05) is 32.7 Å². The molecule has 2 amide bonds. The number of hydrogen-bond donors (Lipinski definition) is 2. The summed E-state index contributed by atoms with van der Waals surface area (Å²) in [5.41, 5.74) is 0.751. The van der Waals surface area contributed by atoms with E-state index in [1.807, 2.05) is 20.8 Å². The fourth-order valence-corrected chi connectivity index (χ4v) is 6.22. The summed E-state index contributed by atoms with van der Waals surface area (Å²) in [5, 5.41) is 13.2. The number of ether oxygens (including phenoxy) is 1. The highest BCUT2D eigenvalue weighted by Crippen LogP contribution is 2.32. The van der Waals surface area contributed by atoms with Gasteiger partial charge in [-0.25, -0.2) is 9.78 Å². The van der Waals surface area contributed by atoms with Crippen LogP contribution in [0.3, 0.4) is 0 Å². The predicted molar refractivity (Wildman–Crippen MR) is 175 cm³/mol. The fourth-order valence-electron chi connectivity index (χ4n) is 6.22. The summed E-state index contributed by atoms with van der Waals surface area (Å²) >= 11 is 0. The zero-order chi connectivity index (χ0) is 33.8. The minimum absolute atomic E-state index is 0.0203. The monoisotopic (exact) mass is 640 g/mol. The first-order valence-corrected chi connectivity index (χ1v) is 16.6. The highest BCUT2D eigenvalue weighted by Gasteiger charge is 2.44. The van der Waals surface area contributed by atoms with Crippen LogP contribution in [0.4, 0.5) is 0 Å². The van der Waals surface area contributed by atoms with E-state index in [1.54, 1.807) is 31.2 Å². The number of aliphatic hydroxyl groups is 1. The Hall–Kier alpha value is -3.57. The van der Waals surface area contributed by atoms with Gasteiger partial charge in [-0.05, 0) is 63.7 Å². The normalized spacial score (nSPS) is 28.4. The Bertz CT molecular complexity index is 1280. The number of ketones is 1. The molecule has 11 heteroatoms. The molecule has 2 N–H and O–H groups in total. The third-order valence-corrected chi connectivity index (χ3v) is 8.73. The van der Waals surface area contributed by atoms with Gasteiger partial charge in [0.15, 0.2) is 5.69 Å². The average Bonchev–Trinajstić information content (AvgIpc) is 3.65. The molecule has 0 aromatic carbocycles. The van der Waals surface area contributed by atoms with Gasteiger partial charge in [-0.2, -0.15) is 0 Å². The first kappa shape index (κ1) is 36.9. The molecule has 3 unspecified atom stereocenters. The zero-order valence-corrected chi connectivity index (χ0v) is 28.2. The maximum absolute atomic E-state index is 14.0. The van der Waals surface area contributed by atoms with Gasteiger partial charge in [-0.15, -0.1) is 0 Å². The van der Waals surface area contributed by atoms with Gasteiger partial charge in [-0.3, -0.25) is 14.4 Å². The first-order valence-electron chi connectivity index (χ1n) is 16.6. The summed E-state index contributed by atoms with van der Waals surface area (Å²) in [5.74, 6) is -1.84. The molecular formula is C35H52N4O7. The van der Waals surface area contributed by atoms with Gasteiger partial charge in [0, 0.05) is 25.4 Å². The van der Waals surface area contributed by atoms with Crippen LogP contribution in [-0.4, -0.2) is 94.4 Å². The summed E-state index contributed by atoms with van der Waals surface area (Å²) in [4.78, 5) is 61.1. The molecule has 0 radical (unpaired) electrons. The Labute approximate surface area is 273 Å². The summed E-state index contributed by atoms with van der Waals surface area (Å²) in [6.07, 6.45) is 9.88. The summed E-state index contributed by atoms with van der Waals surface area (Å²) in [7, 11) is 0. The van der Waals surface area contributed by atoms with Crippen LogP contribution in [0.2, 0.25) is 0 Å². The molecule has 2 aliphatic heterocycles. The molecule has 0 aliphatic carbocycles. The van der Waals surface area contributed by atoms with Crippen molar-refractivity contribution in [2.45, 2.75) is 91.9 Å². The molecule has 0 saturated carbocycles. The van der Waals surface area contributed by atoms with E-state index in [0.717, 1.165) is 38.0 Å². The van der Waals surface area contributed by atoms with E-state index in [4.69, 9.17) is 9.15 Å². The van der Waals surface area contributed by atoms with E-state index in [0.29, 0.717) is 13.0 Å². The van der Waals surface area contributed by atoms with Crippen molar-refractivity contribution in [3.8, 4) is 0 Å². The summed E-state index contributed by atoms with van der Waals surface area (Å²) < 4.78 is 11.7. The largest absolute Gasteiger partial charge is 0.460 e. The Morgan fingerprint density at radius 3 is 2.59 bits per heavy atom. The lowest BCUT2D eigenvalue weighted by Gasteiger charge is -2.31. The number of rotatable bonds is 7. The SMILES string of the molecule is CCN(CC)CCCC1CCN2C(=O)c3coc(n3)CC(=O)CC(O)/C=C(C)/C=C/CNC(=O)/C=C/[C@@H](C)[C@@H](C(C)C)OC(=O)C12. The van der Waals surface area contributed by atoms with Crippen molar-refractivity contribution in [2.24, 2.45) is 17.8 Å². The van der Waals surface area contributed by atoms with Gasteiger partial charge in [0.2, 0.25) is 11.8 Å². The molecule has 1 aromatic heterocycles. The van der Waals surface area contributed by atoms with E-state index in [-0.39, 0.29) is 60.4 Å². The molecule has 2 aliphatic rings. The number of nitrogens with zero attached hydrogens (tertiary/aromatic N) is 3. The zero-order valence-electron chi connectivity index (χ0n) is 28.2. The van der Waals surface area contributed by atoms with Crippen LogP contribution in [0.25, 0.3) is 0 Å². The molecule has 2 bridgehead atoms. The maximum Gasteiger partial charge on any atom is 0.329 e. The number of fused-ring (bicyclic) bond motifs is 3. The van der Waals surface area contributed by atoms with Gasteiger partial charge in [0.1, 0.15) is 24.2 Å². The molecule has 1 fully saturated rings. The van der Waals surface area contributed by atoms with Crippen LogP contribution >= 0.6 is 0 Å². The van der Waals surface area contributed by atoms with Crippen molar-refractivity contribution in [1.29, 1.82) is 0 Å². The maximum atomic E-state index is 14.0. The average molecular weight is 641 g/mol. The van der Waals surface area contributed by atoms with Crippen molar-refractivity contribution < 1.29 is 33.4 Å². The van der Waals surface area contributed by atoms with Crippen molar-refractivity contribution in [3.63, 3.8) is 0 Å². The van der Waals surface area contributed by atoms with Gasteiger partial charge in [-0.1, -0.05) is 64.5 Å². The number of allylic oxidation sites excluding steroid dienone is 2. The van der Waals surface area contributed by atoms with Gasteiger partial charge in [0.05, 0.1) is 12.5 Å². The second-order valence-electron chi connectivity index (χ2n) is 12.7. The lowest BCUT2D eigenvalue weighted by atomic mass is 9.92. The number of oxazole rings is 1. The molecule has 46 heavy (non-hydrogen) atoms. The molecule has 254 valence electrons. The number of hydrogen-bond acceptors (Lipinski definition) is 9. The number of aliphatic hydroxyl groups excluding tert-OH is 1. The molecular weight excluding hydrogens is 588 g/mol. The van der Waals surface area contributed by atoms with Crippen LogP contribution < -0.4 is 5.32 Å². The van der Waals surface area contributed by atoms with Gasteiger partial charge in [0.25, 0.3) is 5.91 Å². The Morgan fingerprint density at radius 1 is 1.15 bits per heavy atom. The quantitative estimate of drug-likeness (QED) is 0.425. The van der Waals surface area contributed by atoms with Crippen LogP contribution in [0.15, 0.2) is 46.6 Å². The molecule has 1 aromatic rings. The van der Waals surface area contributed by atoms with E-state index in [1.165, 1.54) is 17.2 Å². The number of nitrogens with one attached hydrogen (secondary N) is 1. The van der Waals surface area contributed by atoms with Crippen molar-refractivity contribution in [1.82, 2.24) is 20.1 Å². The molecule has 3 rings (SSSR count). The number of cyclic esters (lactones) is 1. The topological polar surface area (TPSA) is 142 Å². The molecule has 0 spiro atoms. The lowest BCUT2D eigenvalue weighted by molar-refractivity contribution is -0.159. The smallest absolute Gasteiger partial charge is 0.329 e. The summed E-state index contributed by atoms with van der Waals surface area (Å²) in [6.45, 7) is 15.3. The Balaban J connectivity index is 1.92. The predicted octanol–water partition coefficient (Wildman–Crippen LogP) is 3.88. The Kier molecular flexibility index (Phi) is 14.4. The molecule has 11 nitrogen and oxygen atoms in total. The number of aromatic nitrogens is 1. The van der Waals surface area contributed by atoms with Crippen LogP contribution in [0.1, 0.15) is 83.6 Å². The number of carbonyl (C=O) groups excluding carboxylic acids is 4. The standard InChI is InChI=1S/C35H52N4O7/c1-7-38(8-2)17-10-12-26-15-18-39-32(26)35(44)46-33(23(3)4)25(6)13-14-30(42)36-16-9-11-24(5)19-27(40)20-28(41)21-31-37-29(22-45-31)34(39)43/h9,11,13-14,19,22-23,25-27,32-33,40H,7-8,10,12,15-18,20-21H2,1-6H3,(H,36,42)/b11-9+,14-13+,24-19+/t25-,26?,27?,32?,33-/m1/s1. The fraction of sp³-hybridized carbons (Fsp3) is 0.629. The molecule has 3 heterocycles. The number of Topliss-reactive ketones (excluding diaryl/α,β-unsaturated/α-hetero) is 1. The highest BCUT2D eigenvalue weighted by atomic mass is 16.5. The number of amides is 2. The van der Waals surface area contributed by atoms with E-state index in [2.05, 4.69) is 29.0 Å². The van der Waals surface area contributed by atoms with Crippen molar-refractivity contribution >= 4 is 23.6 Å². The summed E-state index contributed by atoms with van der Waals surface area (Å²) in [6, 6.07) is -0.801. The number of carbonyl (C=O) groups is 4. The third kappa shape index (κ3) is 10.8. The van der Waals surface area contributed by atoms with Crippen LogP contribution in [0, 0.1) is 17.8 Å². The third-order valence-electron chi connectivity index (χ3n) is 8.73. The van der Waals surface area contributed by atoms with Gasteiger partial charge < -0.3 is 29.4 Å². The molecule has 1 saturated heterocycles. The lowest BCUT2D eigenvalue weighted by Crippen LogP contribution is -2.46. The van der Waals surface area contributed by atoms with E-state index >= 15 is 0 Å². The highest BCUT2D eigenvalue weighted by molar-refractivity contribution is 5.95. The van der Waals surface area contributed by atoms with Crippen molar-refractivity contribution in [3.05, 3.63) is 53.8 Å². The second-order valence-corrected chi connectivity index (χ2v) is 12.7. The minimum Gasteiger partial charge on any atom is -0.460 e. The van der Waals surface area contributed by atoms with E-state index < -0.39 is 30.1 Å². The minimum atomic E-state index is -1.02. The first-order chi connectivity index (χ1) is 21.9. The second kappa shape index (κ2) is 17.9. The van der Waals surface area contributed by atoms with Crippen LogP contribution in [-0.2, 0) is 25.5 Å². The van der Waals surface area contributed by atoms with Crippen LogP contribution in [0.5, 0.6) is 0 Å². The molecule has 5 atom stereocenters. The van der Waals surface area contributed by atoms with E-state index in [9.17, 15) is 24.3 Å². The Morgan fingerprint density at radius 2 is 1.89 bits per heavy atom.